The molecule has 0 atom stereocenters. The van der Waals surface area contributed by atoms with Crippen LogP contribution in [0.3, 0.4) is 0 Å². The van der Waals surface area contributed by atoms with Crippen LogP contribution in [0.4, 0.5) is 5.00 Å². The third kappa shape index (κ3) is 3.69. The number of rotatable bonds is 5. The molecule has 2 N–H and O–H groups in total. The Bertz CT molecular complexity index is 810. The lowest BCUT2D eigenvalue weighted by Gasteiger charge is -2.11. The summed E-state index contributed by atoms with van der Waals surface area (Å²) in [5.41, 5.74) is 3.84. The van der Waals surface area contributed by atoms with Gasteiger partial charge in [0, 0.05) is 29.7 Å². The van der Waals surface area contributed by atoms with Crippen molar-refractivity contribution in [3.8, 4) is 0 Å². The zero-order valence-electron chi connectivity index (χ0n) is 14.6. The summed E-state index contributed by atoms with van der Waals surface area (Å²) in [7, 11) is 1.41. The summed E-state index contributed by atoms with van der Waals surface area (Å²) in [5, 5.41) is 12.1. The molecular weight excluding hydrogens is 356 g/mol. The van der Waals surface area contributed by atoms with E-state index in [0.29, 0.717) is 17.2 Å². The quantitative estimate of drug-likeness (QED) is 0.616. The van der Waals surface area contributed by atoms with E-state index in [9.17, 15) is 4.79 Å². The van der Waals surface area contributed by atoms with Crippen molar-refractivity contribution in [1.82, 2.24) is 15.1 Å². The van der Waals surface area contributed by atoms with E-state index >= 15 is 0 Å². The van der Waals surface area contributed by atoms with Crippen molar-refractivity contribution in [3.05, 3.63) is 33.5 Å². The summed E-state index contributed by atoms with van der Waals surface area (Å²) in [6.07, 6.45) is 5.05. The zero-order valence-corrected chi connectivity index (χ0v) is 16.3. The topological polar surface area (TPSA) is 68.2 Å². The fraction of sp³-hybridized carbons (Fsp3) is 0.471. The minimum absolute atomic E-state index is 0.301. The van der Waals surface area contributed by atoms with Crippen molar-refractivity contribution in [3.63, 3.8) is 0 Å². The normalized spacial score (nSPS) is 12.8. The lowest BCUT2D eigenvalue weighted by Crippen LogP contribution is -2.28. The Morgan fingerprint density at radius 3 is 2.96 bits per heavy atom. The first kappa shape index (κ1) is 17.9. The van der Waals surface area contributed by atoms with Crippen LogP contribution in [0.1, 0.15) is 45.4 Å². The summed E-state index contributed by atoms with van der Waals surface area (Å²) < 4.78 is 6.86. The molecule has 2 aromatic rings. The van der Waals surface area contributed by atoms with E-state index in [2.05, 4.69) is 22.7 Å². The van der Waals surface area contributed by atoms with Gasteiger partial charge >= 0.3 is 5.97 Å². The van der Waals surface area contributed by atoms with Gasteiger partial charge in [-0.3, -0.25) is 4.68 Å². The molecule has 25 heavy (non-hydrogen) atoms. The fourth-order valence-electron chi connectivity index (χ4n) is 3.03. The first-order valence-corrected chi connectivity index (χ1v) is 9.56. The Labute approximate surface area is 156 Å². The van der Waals surface area contributed by atoms with Crippen LogP contribution in [0.5, 0.6) is 0 Å². The number of thiocarbonyl (C=S) groups is 1. The van der Waals surface area contributed by atoms with Gasteiger partial charge in [0.25, 0.3) is 0 Å². The van der Waals surface area contributed by atoms with E-state index < -0.39 is 0 Å². The van der Waals surface area contributed by atoms with Gasteiger partial charge in [-0.25, -0.2) is 4.79 Å². The van der Waals surface area contributed by atoms with Crippen LogP contribution in [-0.4, -0.2) is 28.0 Å². The van der Waals surface area contributed by atoms with Gasteiger partial charge in [0.15, 0.2) is 5.11 Å². The minimum atomic E-state index is -0.301. The number of hydrogen-bond donors (Lipinski definition) is 2. The maximum atomic E-state index is 12.2. The zero-order chi connectivity index (χ0) is 18.0. The number of nitrogens with zero attached hydrogens (tertiary/aromatic N) is 2. The van der Waals surface area contributed by atoms with Crippen molar-refractivity contribution in [2.45, 2.75) is 46.2 Å². The molecule has 0 aromatic carbocycles. The third-order valence-electron chi connectivity index (χ3n) is 4.35. The summed E-state index contributed by atoms with van der Waals surface area (Å²) in [6.45, 7) is 5.47. The van der Waals surface area contributed by atoms with Gasteiger partial charge in [-0.15, -0.1) is 11.3 Å². The molecule has 0 unspecified atom stereocenters. The van der Waals surface area contributed by atoms with E-state index in [1.807, 2.05) is 17.8 Å². The summed E-state index contributed by atoms with van der Waals surface area (Å²) in [5.74, 6) is -0.301. The Hall–Kier alpha value is -1.93. The average molecular weight is 379 g/mol. The molecule has 6 nitrogen and oxygen atoms in total. The molecule has 0 saturated carbocycles. The van der Waals surface area contributed by atoms with Gasteiger partial charge in [-0.2, -0.15) is 5.10 Å². The smallest absolute Gasteiger partial charge is 0.341 e. The highest BCUT2D eigenvalue weighted by Gasteiger charge is 2.27. The molecule has 3 rings (SSSR count). The van der Waals surface area contributed by atoms with E-state index in [1.54, 1.807) is 11.3 Å². The molecule has 1 aliphatic carbocycles. The SMILES string of the molecule is CCn1cc(CNC(=S)Nc2sc3c(c2C(=O)OC)CCC3)c(C)n1. The Morgan fingerprint density at radius 2 is 2.28 bits per heavy atom. The molecule has 2 aromatic heterocycles. The van der Waals surface area contributed by atoms with Crippen LogP contribution in [0.2, 0.25) is 0 Å². The van der Waals surface area contributed by atoms with Crippen molar-refractivity contribution in [2.24, 2.45) is 0 Å². The average Bonchev–Trinajstić information content (AvgIpc) is 3.26. The second kappa shape index (κ2) is 7.53. The van der Waals surface area contributed by atoms with Crippen LogP contribution in [-0.2, 0) is 30.7 Å². The van der Waals surface area contributed by atoms with E-state index in [4.69, 9.17) is 17.0 Å². The van der Waals surface area contributed by atoms with Gasteiger partial charge in [0.1, 0.15) is 5.00 Å². The maximum absolute atomic E-state index is 12.2. The minimum Gasteiger partial charge on any atom is -0.465 e. The molecule has 0 spiro atoms. The molecule has 0 radical (unpaired) electrons. The Kier molecular flexibility index (Phi) is 5.39. The summed E-state index contributed by atoms with van der Waals surface area (Å²) in [6, 6.07) is 0. The molecule has 0 saturated heterocycles. The number of hydrogen-bond acceptors (Lipinski definition) is 5. The molecule has 0 bridgehead atoms. The first-order chi connectivity index (χ1) is 12.0. The number of anilines is 1. The van der Waals surface area contributed by atoms with Gasteiger partial charge in [-0.1, -0.05) is 0 Å². The molecule has 2 heterocycles. The van der Waals surface area contributed by atoms with Crippen molar-refractivity contribution in [1.29, 1.82) is 0 Å². The number of esters is 1. The number of aromatic nitrogens is 2. The van der Waals surface area contributed by atoms with Crippen molar-refractivity contribution < 1.29 is 9.53 Å². The second-order valence-electron chi connectivity index (χ2n) is 5.96. The highest BCUT2D eigenvalue weighted by Crippen LogP contribution is 2.39. The van der Waals surface area contributed by atoms with E-state index in [-0.39, 0.29) is 5.97 Å². The largest absolute Gasteiger partial charge is 0.465 e. The lowest BCUT2D eigenvalue weighted by atomic mass is 10.1. The Balaban J connectivity index is 1.69. The number of fused-ring (bicyclic) bond motifs is 1. The molecule has 134 valence electrons. The van der Waals surface area contributed by atoms with Gasteiger partial charge < -0.3 is 15.4 Å². The van der Waals surface area contributed by atoms with Gasteiger partial charge in [0.2, 0.25) is 0 Å². The second-order valence-corrected chi connectivity index (χ2v) is 7.47. The number of carbonyl (C=O) groups excluding carboxylic acids is 1. The predicted octanol–water partition coefficient (Wildman–Crippen LogP) is 3.03. The van der Waals surface area contributed by atoms with E-state index in [0.717, 1.165) is 47.6 Å². The van der Waals surface area contributed by atoms with Crippen LogP contribution < -0.4 is 10.6 Å². The van der Waals surface area contributed by atoms with Crippen LogP contribution in [0, 0.1) is 6.92 Å². The van der Waals surface area contributed by atoms with Crippen molar-refractivity contribution in [2.75, 3.05) is 12.4 Å². The van der Waals surface area contributed by atoms with Gasteiger partial charge in [-0.05, 0) is 50.9 Å². The summed E-state index contributed by atoms with van der Waals surface area (Å²) in [4.78, 5) is 13.4. The lowest BCUT2D eigenvalue weighted by molar-refractivity contribution is 0.0601. The molecule has 0 aliphatic heterocycles. The maximum Gasteiger partial charge on any atom is 0.341 e. The summed E-state index contributed by atoms with van der Waals surface area (Å²) >= 11 is 7.01. The number of aryl methyl sites for hydroxylation is 3. The first-order valence-electron chi connectivity index (χ1n) is 8.34. The number of ether oxygens (including phenoxy) is 1. The number of carbonyl (C=O) groups is 1. The third-order valence-corrected chi connectivity index (χ3v) is 5.80. The molecule has 0 amide bonds. The standard InChI is InChI=1S/C17H22N4O2S2/c1-4-21-9-11(10(2)20-21)8-18-17(24)19-15-14(16(22)23-3)12-6-5-7-13(12)25-15/h9H,4-8H2,1-3H3,(H2,18,19,24). The highest BCUT2D eigenvalue weighted by atomic mass is 32.1. The van der Waals surface area contributed by atoms with Crippen LogP contribution in [0.15, 0.2) is 6.20 Å². The Morgan fingerprint density at radius 1 is 1.48 bits per heavy atom. The van der Waals surface area contributed by atoms with Crippen LogP contribution in [0.25, 0.3) is 0 Å². The van der Waals surface area contributed by atoms with Crippen molar-refractivity contribution >= 4 is 39.6 Å². The highest BCUT2D eigenvalue weighted by molar-refractivity contribution is 7.80. The predicted molar refractivity (Wildman–Crippen MR) is 103 cm³/mol. The molecule has 1 aliphatic rings. The number of thiophene rings is 1. The fourth-order valence-corrected chi connectivity index (χ4v) is 4.55. The monoisotopic (exact) mass is 378 g/mol. The molecule has 8 heteroatoms. The van der Waals surface area contributed by atoms with Crippen LogP contribution >= 0.6 is 23.6 Å². The van der Waals surface area contributed by atoms with Gasteiger partial charge in [0.05, 0.1) is 18.4 Å². The number of nitrogens with one attached hydrogen (secondary N) is 2. The molecular formula is C17H22N4O2S2. The number of methoxy groups -OCH3 is 1. The molecule has 0 fully saturated rings. The van der Waals surface area contributed by atoms with E-state index in [1.165, 1.54) is 12.0 Å².